The second-order valence-corrected chi connectivity index (χ2v) is 21.7. The minimum absolute atomic E-state index is 0. The van der Waals surface area contributed by atoms with E-state index in [1.165, 1.54) is 28.0 Å². The van der Waals surface area contributed by atoms with Crippen molar-refractivity contribution in [3.05, 3.63) is 101 Å². The van der Waals surface area contributed by atoms with Crippen LogP contribution in [-0.4, -0.2) is 133 Å². The third-order valence-electron chi connectivity index (χ3n) is 16.3. The van der Waals surface area contributed by atoms with Crippen molar-refractivity contribution in [1.29, 1.82) is 0 Å². The van der Waals surface area contributed by atoms with Crippen molar-refractivity contribution < 1.29 is 38.4 Å². The highest BCUT2D eigenvalue weighted by Gasteiger charge is 2.47. The highest BCUT2D eigenvalue weighted by molar-refractivity contribution is 6.02. The molecule has 80 heavy (non-hydrogen) atoms. The molecule has 2 aliphatic carbocycles. The van der Waals surface area contributed by atoms with Gasteiger partial charge in [0.2, 0.25) is 35.4 Å². The molecule has 10 atom stereocenters. The van der Waals surface area contributed by atoms with Crippen molar-refractivity contribution in [2.45, 2.75) is 165 Å². The maximum Gasteiger partial charge on any atom is 0.251 e. The molecule has 0 unspecified atom stereocenters. The van der Waals surface area contributed by atoms with Crippen LogP contribution >= 0.6 is 37.2 Å². The number of nitrogens with two attached hydrogens (primary N) is 1. The minimum Gasteiger partial charge on any atom is -0.399 e. The van der Waals surface area contributed by atoms with Gasteiger partial charge in [-0.25, -0.2) is 0 Å². The molecular weight excluding hydrogens is 1090 g/mol. The number of likely N-dealkylation sites (tertiary alicyclic amines) is 2. The van der Waals surface area contributed by atoms with Gasteiger partial charge in [-0.3, -0.25) is 38.4 Å². The Bertz CT molecular complexity index is 2400. The number of hydrogen-bond donors (Lipinski definition) is 9. The van der Waals surface area contributed by atoms with Crippen LogP contribution in [0.2, 0.25) is 0 Å². The van der Waals surface area contributed by atoms with Crippen molar-refractivity contribution in [1.82, 2.24) is 52.3 Å². The molecule has 8 amide bonds. The number of anilines is 1. The Hall–Kier alpha value is -5.99. The van der Waals surface area contributed by atoms with E-state index in [0.717, 1.165) is 75.3 Å². The van der Waals surface area contributed by atoms with Crippen LogP contribution in [0.3, 0.4) is 0 Å². The lowest BCUT2D eigenvalue weighted by Gasteiger charge is -2.35. The summed E-state index contributed by atoms with van der Waals surface area (Å²) in [5.41, 5.74) is 8.38. The van der Waals surface area contributed by atoms with Gasteiger partial charge in [0.05, 0.1) is 24.2 Å². The second kappa shape index (κ2) is 31.3. The van der Waals surface area contributed by atoms with Crippen LogP contribution in [0.4, 0.5) is 5.69 Å². The SMILES string of the molecule is CN[C@@H](C)C(=O)N[C@H](C(=O)N1C[C@@H](NC(=O)c2cc(N)cc(C(=O)N[C@H]3C[C@@H](C(=O)N[C@H](C)c4ccccc4)N(C(=O)[C@@H](NC(=O)[C@H](C)NC)C4CCCCC4)C3)c2)C[C@H]1C(=O)N[C@H](C)c1ccccc1)C1CCCCC1.Cl.Cl.Cl. The number of amides is 8. The molecule has 22 heteroatoms. The molecule has 440 valence electrons. The number of halogens is 3. The second-order valence-electron chi connectivity index (χ2n) is 21.7. The number of nitrogens with zero attached hydrogens (tertiary/aromatic N) is 2. The maximum atomic E-state index is 14.8. The molecule has 0 aromatic heterocycles. The number of benzene rings is 3. The third kappa shape index (κ3) is 17.0. The van der Waals surface area contributed by atoms with Gasteiger partial charge in [0.1, 0.15) is 24.2 Å². The van der Waals surface area contributed by atoms with Crippen LogP contribution in [0.15, 0.2) is 78.9 Å². The fraction of sp³-hybridized carbons (Fsp3) is 0.552. The molecular formula is C58H84Cl3N11O8. The smallest absolute Gasteiger partial charge is 0.251 e. The van der Waals surface area contributed by atoms with Gasteiger partial charge in [0.15, 0.2) is 0 Å². The average molecular weight is 1170 g/mol. The van der Waals surface area contributed by atoms with Gasteiger partial charge in [-0.05, 0) is 121 Å². The van der Waals surface area contributed by atoms with Gasteiger partial charge in [-0.15, -0.1) is 37.2 Å². The Kier molecular flexibility index (Phi) is 26.0. The minimum atomic E-state index is -0.984. The number of carbonyl (C=O) groups excluding carboxylic acids is 8. The summed E-state index contributed by atoms with van der Waals surface area (Å²) >= 11 is 0. The lowest BCUT2D eigenvalue weighted by atomic mass is 9.83. The van der Waals surface area contributed by atoms with E-state index < -0.39 is 95.9 Å². The molecule has 3 aromatic carbocycles. The third-order valence-corrected chi connectivity index (χ3v) is 16.3. The number of nitrogens with one attached hydrogen (secondary N) is 8. The summed E-state index contributed by atoms with van der Waals surface area (Å²) in [6, 6.07) is 16.1. The molecule has 0 radical (unpaired) electrons. The lowest BCUT2D eigenvalue weighted by Crippen LogP contribution is -2.58. The molecule has 0 spiro atoms. The summed E-state index contributed by atoms with van der Waals surface area (Å²) in [4.78, 5) is 117. The van der Waals surface area contributed by atoms with E-state index in [9.17, 15) is 38.4 Å². The maximum absolute atomic E-state index is 14.8. The first kappa shape index (κ1) is 66.5. The summed E-state index contributed by atoms with van der Waals surface area (Å²) < 4.78 is 0. The molecule has 4 fully saturated rings. The first-order valence-electron chi connectivity index (χ1n) is 27.7. The summed E-state index contributed by atoms with van der Waals surface area (Å²) in [6.45, 7) is 7.11. The Morgan fingerprint density at radius 1 is 0.500 bits per heavy atom. The Labute approximate surface area is 489 Å². The molecule has 2 saturated carbocycles. The van der Waals surface area contributed by atoms with E-state index in [2.05, 4.69) is 42.5 Å². The van der Waals surface area contributed by atoms with E-state index in [1.807, 2.05) is 74.5 Å². The molecule has 2 heterocycles. The first-order valence-corrected chi connectivity index (χ1v) is 27.7. The largest absolute Gasteiger partial charge is 0.399 e. The van der Waals surface area contributed by atoms with Crippen LogP contribution in [-0.2, 0) is 28.8 Å². The molecule has 3 aromatic rings. The van der Waals surface area contributed by atoms with Crippen molar-refractivity contribution in [3.63, 3.8) is 0 Å². The molecule has 2 aliphatic heterocycles. The Balaban J connectivity index is 0.00000459. The van der Waals surface area contributed by atoms with Crippen LogP contribution in [0.5, 0.6) is 0 Å². The molecule has 7 rings (SSSR count). The number of carbonyl (C=O) groups is 8. The van der Waals surface area contributed by atoms with Gasteiger partial charge in [-0.2, -0.15) is 0 Å². The van der Waals surface area contributed by atoms with E-state index in [0.29, 0.717) is 0 Å². The van der Waals surface area contributed by atoms with Gasteiger partial charge in [0.25, 0.3) is 11.8 Å². The van der Waals surface area contributed by atoms with Gasteiger partial charge in [0, 0.05) is 42.0 Å². The van der Waals surface area contributed by atoms with Crippen LogP contribution in [0.1, 0.15) is 149 Å². The molecule has 0 bridgehead atoms. The standard InChI is InChI=1S/C58H81N11O8.3ClH/c1-34(38-19-11-7-12-20-38)62-55(74)47-30-45(32-68(47)57(76)49(40-23-15-9-16-24-40)66-51(70)36(3)60-5)64-53(72)42-27-43(29-44(59)28-42)54(73)65-46-31-48(56(75)63-35(2)39-21-13-8-14-22-39)69(33-46)58(77)50(41-25-17-10-18-26-41)67-52(71)37(4)61-6;;;/h7-8,11-14,19-22,27-29,34-37,40-41,45-50,60-61H,9-10,15-18,23-26,30-33,59H2,1-6H3,(H,62,74)(H,63,75)(H,64,72)(H,65,73)(H,66,70)(H,67,71);3*1H/t34-,35-,36+,37+,45+,46+,47+,48+,49+,50+;;;/m1.../s1. The topological polar surface area (TPSA) is 265 Å². The van der Waals surface area contributed by atoms with Gasteiger partial charge >= 0.3 is 0 Å². The first-order chi connectivity index (χ1) is 37.0. The van der Waals surface area contributed by atoms with Gasteiger partial charge in [-0.1, -0.05) is 99.2 Å². The normalized spacial score (nSPS) is 21.5. The van der Waals surface area contributed by atoms with Crippen LogP contribution < -0.4 is 48.3 Å². The van der Waals surface area contributed by atoms with E-state index >= 15 is 0 Å². The van der Waals surface area contributed by atoms with E-state index in [1.54, 1.807) is 27.9 Å². The van der Waals surface area contributed by atoms with Gasteiger partial charge < -0.3 is 58.1 Å². The summed E-state index contributed by atoms with van der Waals surface area (Å²) in [5.74, 6) is -3.71. The van der Waals surface area contributed by atoms with Crippen molar-refractivity contribution in [3.8, 4) is 0 Å². The zero-order chi connectivity index (χ0) is 55.3. The number of hydrogen-bond acceptors (Lipinski definition) is 11. The van der Waals surface area contributed by atoms with E-state index in [4.69, 9.17) is 5.73 Å². The van der Waals surface area contributed by atoms with E-state index in [-0.39, 0.29) is 104 Å². The number of rotatable bonds is 20. The summed E-state index contributed by atoms with van der Waals surface area (Å²) in [6.07, 6.45) is 8.81. The molecule has 4 aliphatic rings. The molecule has 19 nitrogen and oxygen atoms in total. The van der Waals surface area contributed by atoms with Crippen LogP contribution in [0.25, 0.3) is 0 Å². The van der Waals surface area contributed by atoms with Crippen molar-refractivity contribution >= 4 is 90.2 Å². The molecule has 10 N–H and O–H groups in total. The zero-order valence-electron chi connectivity index (χ0n) is 46.8. The zero-order valence-corrected chi connectivity index (χ0v) is 49.2. The molecule has 2 saturated heterocycles. The lowest BCUT2D eigenvalue weighted by molar-refractivity contribution is -0.143. The highest BCUT2D eigenvalue weighted by Crippen LogP contribution is 2.32. The monoisotopic (exact) mass is 1170 g/mol. The van der Waals surface area contributed by atoms with Crippen molar-refractivity contribution in [2.75, 3.05) is 32.9 Å². The summed E-state index contributed by atoms with van der Waals surface area (Å²) in [7, 11) is 3.34. The fourth-order valence-corrected chi connectivity index (χ4v) is 11.5. The van der Waals surface area contributed by atoms with Crippen LogP contribution in [0, 0.1) is 11.8 Å². The summed E-state index contributed by atoms with van der Waals surface area (Å²) in [5, 5.41) is 24.1. The fourth-order valence-electron chi connectivity index (χ4n) is 11.5. The number of nitrogen functional groups attached to an aromatic ring is 1. The predicted molar refractivity (Wildman–Crippen MR) is 315 cm³/mol. The van der Waals surface area contributed by atoms with Crippen molar-refractivity contribution in [2.24, 2.45) is 11.8 Å². The average Bonchev–Trinajstić information content (AvgIpc) is 4.08. The predicted octanol–water partition coefficient (Wildman–Crippen LogP) is 5.03. The highest BCUT2D eigenvalue weighted by atomic mass is 35.5. The number of likely N-dealkylation sites (N-methyl/N-ethyl adjacent to an activating group) is 2. The Morgan fingerprint density at radius 2 is 0.850 bits per heavy atom. The quantitative estimate of drug-likeness (QED) is 0.0678. The Morgan fingerprint density at radius 3 is 1.19 bits per heavy atom.